The summed E-state index contributed by atoms with van der Waals surface area (Å²) < 4.78 is 0. The number of nitrogens with one attached hydrogen (secondary N) is 1. The van der Waals surface area contributed by atoms with Gasteiger partial charge in [0.05, 0.1) is 17.6 Å². The highest BCUT2D eigenvalue weighted by Gasteiger charge is 2.40. The van der Waals surface area contributed by atoms with E-state index in [-0.39, 0.29) is 0 Å². The van der Waals surface area contributed by atoms with Crippen LogP contribution in [0.2, 0.25) is 0 Å². The molecule has 1 aromatic rings. The van der Waals surface area contributed by atoms with Crippen LogP contribution in [-0.4, -0.2) is 13.1 Å². The fourth-order valence-electron chi connectivity index (χ4n) is 3.29. The van der Waals surface area contributed by atoms with Gasteiger partial charge in [0, 0.05) is 6.42 Å². The highest BCUT2D eigenvalue weighted by Crippen LogP contribution is 2.41. The molecule has 3 nitrogen and oxygen atoms in total. The molecule has 1 heterocycles. The van der Waals surface area contributed by atoms with E-state index in [0.717, 1.165) is 31.5 Å². The largest absolute Gasteiger partial charge is 0.317 e. The molecule has 1 aliphatic heterocycles. The minimum Gasteiger partial charge on any atom is -0.317 e. The average molecular weight is 267 g/mol. The Morgan fingerprint density at radius 2 is 2.05 bits per heavy atom. The van der Waals surface area contributed by atoms with Crippen molar-refractivity contribution in [2.24, 2.45) is 5.92 Å². The summed E-state index contributed by atoms with van der Waals surface area (Å²) in [6.07, 6.45) is 3.08. The first-order valence-electron chi connectivity index (χ1n) is 7.29. The van der Waals surface area contributed by atoms with Gasteiger partial charge in [-0.15, -0.1) is 0 Å². The zero-order valence-corrected chi connectivity index (χ0v) is 12.0. The minimum atomic E-state index is -0.510. The van der Waals surface area contributed by atoms with Crippen molar-refractivity contribution in [2.45, 2.75) is 38.0 Å². The van der Waals surface area contributed by atoms with E-state index in [1.165, 1.54) is 5.56 Å². The maximum atomic E-state index is 9.92. The van der Waals surface area contributed by atoms with E-state index in [1.807, 2.05) is 6.07 Å². The molecule has 2 rings (SSSR count). The Bertz CT molecular complexity index is 532. The second kappa shape index (κ2) is 6.55. The number of hydrogen-bond acceptors (Lipinski definition) is 3. The standard InChI is InChI=1S/C17H21N3/c1-14-4-2-5-16(12-14)17(13-19,8-3-9-18)15-6-10-20-11-7-15/h2,4-5,12,15,20H,3,6-8,10-11H2,1H3/t17-/m0/s1. The van der Waals surface area contributed by atoms with Crippen molar-refractivity contribution < 1.29 is 0 Å². The molecule has 0 unspecified atom stereocenters. The zero-order chi connectivity index (χ0) is 14.4. The fourth-order valence-corrected chi connectivity index (χ4v) is 3.29. The molecule has 1 fully saturated rings. The Hall–Kier alpha value is -1.84. The van der Waals surface area contributed by atoms with Crippen LogP contribution in [-0.2, 0) is 5.41 Å². The molecule has 0 spiro atoms. The summed E-state index contributed by atoms with van der Waals surface area (Å²) in [6.45, 7) is 3.98. The predicted molar refractivity (Wildman–Crippen MR) is 78.9 cm³/mol. The van der Waals surface area contributed by atoms with E-state index in [9.17, 15) is 5.26 Å². The normalized spacial score (nSPS) is 18.8. The second-order valence-corrected chi connectivity index (χ2v) is 5.64. The highest BCUT2D eigenvalue weighted by molar-refractivity contribution is 5.36. The van der Waals surface area contributed by atoms with Crippen molar-refractivity contribution >= 4 is 0 Å². The van der Waals surface area contributed by atoms with E-state index in [1.54, 1.807) is 0 Å². The number of nitrogens with zero attached hydrogens (tertiary/aromatic N) is 2. The molecular formula is C17H21N3. The third-order valence-electron chi connectivity index (χ3n) is 4.40. The van der Waals surface area contributed by atoms with Crippen LogP contribution in [0.4, 0.5) is 0 Å². The van der Waals surface area contributed by atoms with Gasteiger partial charge in [-0.25, -0.2) is 0 Å². The minimum absolute atomic E-state index is 0.337. The molecule has 1 atom stereocenters. The van der Waals surface area contributed by atoms with Crippen LogP contribution in [0, 0.1) is 35.5 Å². The summed E-state index contributed by atoms with van der Waals surface area (Å²) in [5, 5.41) is 22.2. The van der Waals surface area contributed by atoms with E-state index in [2.05, 4.69) is 42.6 Å². The molecule has 1 N–H and O–H groups in total. The van der Waals surface area contributed by atoms with Gasteiger partial charge >= 0.3 is 0 Å². The molecule has 0 aromatic heterocycles. The number of piperidine rings is 1. The molecule has 0 aliphatic carbocycles. The molecule has 0 bridgehead atoms. The lowest BCUT2D eigenvalue weighted by molar-refractivity contribution is 0.251. The maximum absolute atomic E-state index is 9.92. The van der Waals surface area contributed by atoms with Crippen molar-refractivity contribution in [3.8, 4) is 12.1 Å². The monoisotopic (exact) mass is 267 g/mol. The third kappa shape index (κ3) is 2.84. The topological polar surface area (TPSA) is 59.6 Å². The van der Waals surface area contributed by atoms with Gasteiger partial charge in [0.2, 0.25) is 0 Å². The van der Waals surface area contributed by atoms with Gasteiger partial charge < -0.3 is 5.32 Å². The van der Waals surface area contributed by atoms with Gasteiger partial charge in [-0.05, 0) is 50.8 Å². The SMILES string of the molecule is Cc1cccc([C@](C#N)(CCC#N)C2CCNCC2)c1. The van der Waals surface area contributed by atoms with Crippen LogP contribution in [0.1, 0.15) is 36.8 Å². The van der Waals surface area contributed by atoms with Crippen LogP contribution in [0.15, 0.2) is 24.3 Å². The van der Waals surface area contributed by atoms with Crippen molar-refractivity contribution in [2.75, 3.05) is 13.1 Å². The smallest absolute Gasteiger partial charge is 0.0861 e. The lowest BCUT2D eigenvalue weighted by Gasteiger charge is -2.38. The van der Waals surface area contributed by atoms with Gasteiger partial charge in [0.1, 0.15) is 0 Å². The predicted octanol–water partition coefficient (Wildman–Crippen LogP) is 3.06. The van der Waals surface area contributed by atoms with E-state index < -0.39 is 5.41 Å². The molecule has 3 heteroatoms. The molecular weight excluding hydrogens is 246 g/mol. The van der Waals surface area contributed by atoms with Crippen molar-refractivity contribution in [3.05, 3.63) is 35.4 Å². The molecule has 0 amide bonds. The Balaban J connectivity index is 2.41. The van der Waals surface area contributed by atoms with Crippen LogP contribution in [0.3, 0.4) is 0 Å². The van der Waals surface area contributed by atoms with Crippen LogP contribution in [0.5, 0.6) is 0 Å². The van der Waals surface area contributed by atoms with Gasteiger partial charge in [0.15, 0.2) is 0 Å². The number of aryl methyl sites for hydroxylation is 1. The molecule has 1 aliphatic rings. The van der Waals surface area contributed by atoms with Gasteiger partial charge in [-0.3, -0.25) is 0 Å². The summed E-state index contributed by atoms with van der Waals surface area (Å²) >= 11 is 0. The molecule has 1 saturated heterocycles. The van der Waals surface area contributed by atoms with E-state index >= 15 is 0 Å². The maximum Gasteiger partial charge on any atom is 0.0861 e. The van der Waals surface area contributed by atoms with E-state index in [4.69, 9.17) is 5.26 Å². The Morgan fingerprint density at radius 3 is 2.65 bits per heavy atom. The van der Waals surface area contributed by atoms with Crippen molar-refractivity contribution in [1.82, 2.24) is 5.32 Å². The Labute approximate surface area is 121 Å². The molecule has 104 valence electrons. The van der Waals surface area contributed by atoms with Crippen LogP contribution >= 0.6 is 0 Å². The molecule has 0 radical (unpaired) electrons. The number of hydrogen-bond donors (Lipinski definition) is 1. The summed E-state index contributed by atoms with van der Waals surface area (Å²) in [5.41, 5.74) is 1.75. The Kier molecular flexibility index (Phi) is 4.77. The van der Waals surface area contributed by atoms with Gasteiger partial charge in [0.25, 0.3) is 0 Å². The molecule has 20 heavy (non-hydrogen) atoms. The average Bonchev–Trinajstić information content (AvgIpc) is 2.50. The summed E-state index contributed by atoms with van der Waals surface area (Å²) in [5.74, 6) is 0.337. The Morgan fingerprint density at radius 1 is 1.30 bits per heavy atom. The first kappa shape index (κ1) is 14.6. The lowest BCUT2D eigenvalue weighted by Crippen LogP contribution is -2.41. The first-order chi connectivity index (χ1) is 9.73. The quantitative estimate of drug-likeness (QED) is 0.912. The first-order valence-corrected chi connectivity index (χ1v) is 7.29. The van der Waals surface area contributed by atoms with Crippen molar-refractivity contribution in [1.29, 1.82) is 10.5 Å². The van der Waals surface area contributed by atoms with Crippen LogP contribution in [0.25, 0.3) is 0 Å². The van der Waals surface area contributed by atoms with E-state index in [0.29, 0.717) is 18.8 Å². The number of nitriles is 2. The van der Waals surface area contributed by atoms with Crippen LogP contribution < -0.4 is 5.32 Å². The highest BCUT2D eigenvalue weighted by atomic mass is 14.9. The summed E-state index contributed by atoms with van der Waals surface area (Å²) in [4.78, 5) is 0. The number of benzene rings is 1. The fraction of sp³-hybridized carbons (Fsp3) is 0.529. The number of rotatable bonds is 4. The lowest BCUT2D eigenvalue weighted by atomic mass is 9.65. The van der Waals surface area contributed by atoms with Gasteiger partial charge in [-0.2, -0.15) is 10.5 Å². The summed E-state index contributed by atoms with van der Waals surface area (Å²) in [7, 11) is 0. The second-order valence-electron chi connectivity index (χ2n) is 5.64. The van der Waals surface area contributed by atoms with Crippen molar-refractivity contribution in [3.63, 3.8) is 0 Å². The summed E-state index contributed by atoms with van der Waals surface area (Å²) in [6, 6.07) is 13.0. The van der Waals surface area contributed by atoms with Gasteiger partial charge in [-0.1, -0.05) is 29.8 Å². The molecule has 1 aromatic carbocycles. The third-order valence-corrected chi connectivity index (χ3v) is 4.40. The molecule has 0 saturated carbocycles. The zero-order valence-electron chi connectivity index (χ0n) is 12.0.